The van der Waals surface area contributed by atoms with Crippen LogP contribution in [0.2, 0.25) is 0 Å². The highest BCUT2D eigenvalue weighted by Crippen LogP contribution is 2.29. The van der Waals surface area contributed by atoms with Gasteiger partial charge < -0.3 is 26.0 Å². The van der Waals surface area contributed by atoms with Crippen LogP contribution in [0.1, 0.15) is 79.4 Å². The van der Waals surface area contributed by atoms with Crippen molar-refractivity contribution in [2.45, 2.75) is 105 Å². The third-order valence-electron chi connectivity index (χ3n) is 7.10. The minimum atomic E-state index is -0.827. The Hall–Kier alpha value is -3.56. The Balaban J connectivity index is 0.000000565. The highest BCUT2D eigenvalue weighted by atomic mass is 16.6. The average Bonchev–Trinajstić information content (AvgIpc) is 3.77. The molecule has 2 aromatic carbocycles. The maximum atomic E-state index is 12.6. The van der Waals surface area contributed by atoms with Gasteiger partial charge in [-0.15, -0.1) is 0 Å². The van der Waals surface area contributed by atoms with Gasteiger partial charge in [0.2, 0.25) is 17.7 Å². The maximum Gasteiger partial charge on any atom is 0.243 e. The molecule has 3 rings (SSSR count). The Labute approximate surface area is 277 Å². The van der Waals surface area contributed by atoms with Crippen LogP contribution in [0, 0.1) is 18.8 Å². The van der Waals surface area contributed by atoms with E-state index in [1.165, 1.54) is 11.1 Å². The summed E-state index contributed by atoms with van der Waals surface area (Å²) in [6.07, 6.45) is 2.08. The van der Waals surface area contributed by atoms with E-state index in [9.17, 15) is 19.2 Å². The molecule has 1 aliphatic heterocycles. The van der Waals surface area contributed by atoms with Crippen LogP contribution in [0.3, 0.4) is 0 Å². The number of ether oxygens (including phenoxy) is 1. The zero-order valence-corrected chi connectivity index (χ0v) is 29.4. The molecular weight excluding hydrogens is 580 g/mol. The largest absolute Gasteiger partial charge is 0.361 e. The first-order chi connectivity index (χ1) is 21.7. The first kappa shape index (κ1) is 40.5. The van der Waals surface area contributed by atoms with E-state index >= 15 is 0 Å². The molecule has 3 atom stereocenters. The maximum absolute atomic E-state index is 12.6. The van der Waals surface area contributed by atoms with Crippen LogP contribution < -0.4 is 21.3 Å². The second-order valence-corrected chi connectivity index (χ2v) is 13.1. The average molecular weight is 639 g/mol. The van der Waals surface area contributed by atoms with Crippen molar-refractivity contribution in [2.24, 2.45) is 11.8 Å². The molecule has 0 aliphatic carbocycles. The summed E-state index contributed by atoms with van der Waals surface area (Å²) in [5.74, 6) is -0.923. The molecule has 1 aliphatic rings. The van der Waals surface area contributed by atoms with Crippen LogP contribution in [-0.2, 0) is 30.3 Å². The van der Waals surface area contributed by atoms with Gasteiger partial charge in [-0.3, -0.25) is 19.2 Å². The monoisotopic (exact) mass is 638 g/mol. The molecule has 4 N–H and O–H groups in total. The number of hydrogen-bond donors (Lipinski definition) is 4. The molecule has 3 unspecified atom stereocenters. The predicted octanol–water partition coefficient (Wildman–Crippen LogP) is 4.76. The summed E-state index contributed by atoms with van der Waals surface area (Å²) >= 11 is 0. The van der Waals surface area contributed by atoms with Crippen LogP contribution in [0.25, 0.3) is 0 Å². The minimum absolute atomic E-state index is 0.111. The van der Waals surface area contributed by atoms with Crippen molar-refractivity contribution in [3.8, 4) is 0 Å². The van der Waals surface area contributed by atoms with Gasteiger partial charge in [0, 0.05) is 6.04 Å². The van der Waals surface area contributed by atoms with Crippen molar-refractivity contribution in [1.29, 1.82) is 0 Å². The van der Waals surface area contributed by atoms with E-state index in [1.807, 2.05) is 65.8 Å². The molecule has 1 saturated heterocycles. The number of Topliss-reactive ketones (excluding diaryl/α,β-unsaturated/α-hetero) is 1. The van der Waals surface area contributed by atoms with Crippen molar-refractivity contribution < 1.29 is 23.9 Å². The molecular formula is C37H58N4O5. The van der Waals surface area contributed by atoms with Gasteiger partial charge in [0.1, 0.15) is 11.6 Å². The van der Waals surface area contributed by atoms with Gasteiger partial charge in [-0.25, -0.2) is 0 Å². The lowest BCUT2D eigenvalue weighted by molar-refractivity contribution is -0.132. The first-order valence-corrected chi connectivity index (χ1v) is 16.5. The second-order valence-electron chi connectivity index (χ2n) is 13.1. The number of carbonyl (C=O) groups excluding carboxylic acids is 4. The van der Waals surface area contributed by atoms with E-state index in [1.54, 1.807) is 6.92 Å². The van der Waals surface area contributed by atoms with Crippen molar-refractivity contribution >= 4 is 23.5 Å². The van der Waals surface area contributed by atoms with E-state index in [0.717, 1.165) is 6.42 Å². The molecule has 0 bridgehead atoms. The van der Waals surface area contributed by atoms with Crippen LogP contribution in [0.4, 0.5) is 0 Å². The number of ketones is 1. The summed E-state index contributed by atoms with van der Waals surface area (Å²) in [5, 5.41) is 11.0. The molecule has 0 aromatic heterocycles. The summed E-state index contributed by atoms with van der Waals surface area (Å²) in [5.41, 5.74) is 1.90. The smallest absolute Gasteiger partial charge is 0.243 e. The van der Waals surface area contributed by atoms with Gasteiger partial charge in [0.05, 0.1) is 25.7 Å². The summed E-state index contributed by atoms with van der Waals surface area (Å²) in [6.45, 7) is 17.9. The summed E-state index contributed by atoms with van der Waals surface area (Å²) < 4.78 is 5.22. The third kappa shape index (κ3) is 17.8. The Morgan fingerprint density at radius 2 is 1.24 bits per heavy atom. The summed E-state index contributed by atoms with van der Waals surface area (Å²) in [7, 11) is 0. The Morgan fingerprint density at radius 1 is 0.761 bits per heavy atom. The Morgan fingerprint density at radius 3 is 1.65 bits per heavy atom. The van der Waals surface area contributed by atoms with Gasteiger partial charge in [-0.1, -0.05) is 115 Å². The fourth-order valence-electron chi connectivity index (χ4n) is 4.35. The van der Waals surface area contributed by atoms with Crippen LogP contribution in [0.15, 0.2) is 60.7 Å². The second kappa shape index (κ2) is 21.3. The van der Waals surface area contributed by atoms with E-state index in [0.29, 0.717) is 19.4 Å². The number of carbonyl (C=O) groups is 4. The number of aryl methyl sites for hydroxylation is 2. The van der Waals surface area contributed by atoms with Gasteiger partial charge in [0.25, 0.3) is 0 Å². The van der Waals surface area contributed by atoms with Gasteiger partial charge in [-0.2, -0.15) is 0 Å². The van der Waals surface area contributed by atoms with E-state index in [2.05, 4.69) is 71.5 Å². The molecule has 9 nitrogen and oxygen atoms in total. The first-order valence-electron chi connectivity index (χ1n) is 16.5. The number of benzene rings is 2. The van der Waals surface area contributed by atoms with Crippen LogP contribution in [-0.4, -0.2) is 66.9 Å². The SMILES string of the molecule is CC(C)CC(NC(=O)CNC(C)C)C(=O)NCC(=O)NC(CC(C)C)C(=O)C1(C)CO1.CCc1ccccc1.Cc1ccccc1. The predicted molar refractivity (Wildman–Crippen MR) is 185 cm³/mol. The van der Waals surface area contributed by atoms with Crippen molar-refractivity contribution in [2.75, 3.05) is 19.7 Å². The number of epoxide rings is 1. The molecule has 256 valence electrons. The van der Waals surface area contributed by atoms with E-state index < -0.39 is 29.5 Å². The molecule has 0 spiro atoms. The fourth-order valence-corrected chi connectivity index (χ4v) is 4.35. The summed E-state index contributed by atoms with van der Waals surface area (Å²) in [6, 6.07) is 19.5. The molecule has 46 heavy (non-hydrogen) atoms. The van der Waals surface area contributed by atoms with Crippen molar-refractivity contribution in [3.05, 3.63) is 71.8 Å². The standard InChI is InChI=1S/C22H40N4O5.C8H10.C7H8/c1-13(2)8-16(20(29)22(7)12-31-22)25-19(28)11-24-21(30)17(9-14(3)4)26-18(27)10-23-15(5)6;1-2-8-6-4-3-5-7-8;1-7-5-3-2-4-6-7/h13-17,23H,8-12H2,1-7H3,(H,24,30)(H,25,28)(H,26,27);3-7H,2H2,1H3;2-6H,1H3. The lowest BCUT2D eigenvalue weighted by atomic mass is 9.93. The molecule has 3 amide bonds. The summed E-state index contributed by atoms with van der Waals surface area (Å²) in [4.78, 5) is 49.8. The lowest BCUT2D eigenvalue weighted by Gasteiger charge is -2.23. The normalized spacial score (nSPS) is 16.3. The quantitative estimate of drug-likeness (QED) is 0.208. The number of amides is 3. The highest BCUT2D eigenvalue weighted by molar-refractivity contribution is 5.97. The lowest BCUT2D eigenvalue weighted by Crippen LogP contribution is -2.53. The highest BCUT2D eigenvalue weighted by Gasteiger charge is 2.50. The van der Waals surface area contributed by atoms with Crippen molar-refractivity contribution in [1.82, 2.24) is 21.3 Å². The van der Waals surface area contributed by atoms with E-state index in [-0.39, 0.29) is 42.7 Å². The fraction of sp³-hybridized carbons (Fsp3) is 0.568. The third-order valence-corrected chi connectivity index (χ3v) is 7.10. The zero-order chi connectivity index (χ0) is 34.7. The molecule has 0 radical (unpaired) electrons. The number of nitrogens with one attached hydrogen (secondary N) is 4. The molecule has 1 fully saturated rings. The molecule has 2 aromatic rings. The molecule has 9 heteroatoms. The van der Waals surface area contributed by atoms with Crippen LogP contribution >= 0.6 is 0 Å². The molecule has 1 heterocycles. The molecule has 0 saturated carbocycles. The Kier molecular flexibility index (Phi) is 18.7. The Bertz CT molecular complexity index is 1180. The number of rotatable bonds is 15. The van der Waals surface area contributed by atoms with Gasteiger partial charge in [0.15, 0.2) is 5.78 Å². The number of hydrogen-bond acceptors (Lipinski definition) is 6. The minimum Gasteiger partial charge on any atom is -0.361 e. The van der Waals surface area contributed by atoms with E-state index in [4.69, 9.17) is 4.74 Å². The van der Waals surface area contributed by atoms with Gasteiger partial charge in [-0.05, 0) is 50.5 Å². The van der Waals surface area contributed by atoms with Crippen LogP contribution in [0.5, 0.6) is 0 Å². The zero-order valence-electron chi connectivity index (χ0n) is 29.4. The van der Waals surface area contributed by atoms with Gasteiger partial charge >= 0.3 is 0 Å². The van der Waals surface area contributed by atoms with Crippen molar-refractivity contribution in [3.63, 3.8) is 0 Å². The topological polar surface area (TPSA) is 129 Å².